The number of carbonyl (C=O) groups is 3. The van der Waals surface area contributed by atoms with Crippen LogP contribution in [-0.2, 0) is 14.3 Å². The molecule has 2 aromatic heterocycles. The van der Waals surface area contributed by atoms with Gasteiger partial charge in [0, 0.05) is 5.69 Å². The molecule has 0 aliphatic carbocycles. The topological polar surface area (TPSA) is 115 Å². The second kappa shape index (κ2) is 9.51. The lowest BCUT2D eigenvalue weighted by molar-refractivity contribution is -0.119. The van der Waals surface area contributed by atoms with Crippen molar-refractivity contribution in [1.82, 2.24) is 14.8 Å². The number of rotatable bonds is 7. The molecule has 0 saturated heterocycles. The van der Waals surface area contributed by atoms with E-state index in [0.29, 0.717) is 28.2 Å². The van der Waals surface area contributed by atoms with Gasteiger partial charge < -0.3 is 19.8 Å². The SMILES string of the molecule is CCOC(=O)c1c(C)[nH]c(C(=O)OCC(=O)Nc2c(C)nn(-c3ccccc3)c2C)c1C. The monoisotopic (exact) mass is 438 g/mol. The summed E-state index contributed by atoms with van der Waals surface area (Å²) in [5.74, 6) is -1.75. The predicted molar refractivity (Wildman–Crippen MR) is 118 cm³/mol. The van der Waals surface area contributed by atoms with Crippen LogP contribution in [0.2, 0.25) is 0 Å². The van der Waals surface area contributed by atoms with Crippen molar-refractivity contribution in [2.45, 2.75) is 34.6 Å². The van der Waals surface area contributed by atoms with E-state index in [1.54, 1.807) is 32.4 Å². The number of ether oxygens (including phenoxy) is 2. The molecule has 0 atom stereocenters. The average molecular weight is 438 g/mol. The number of nitrogens with zero attached hydrogens (tertiary/aromatic N) is 2. The smallest absolute Gasteiger partial charge is 0.355 e. The molecule has 0 unspecified atom stereocenters. The van der Waals surface area contributed by atoms with Gasteiger partial charge in [-0.15, -0.1) is 0 Å². The summed E-state index contributed by atoms with van der Waals surface area (Å²) in [4.78, 5) is 39.9. The highest BCUT2D eigenvalue weighted by molar-refractivity contribution is 6.00. The number of nitrogens with one attached hydrogen (secondary N) is 2. The third kappa shape index (κ3) is 4.56. The van der Waals surface area contributed by atoms with Gasteiger partial charge in [0.25, 0.3) is 5.91 Å². The summed E-state index contributed by atoms with van der Waals surface area (Å²) in [7, 11) is 0. The Morgan fingerprint density at radius 1 is 1.03 bits per heavy atom. The van der Waals surface area contributed by atoms with Gasteiger partial charge in [0.2, 0.25) is 0 Å². The molecule has 2 N–H and O–H groups in total. The number of aryl methyl sites for hydroxylation is 2. The molecule has 9 nitrogen and oxygen atoms in total. The maximum Gasteiger partial charge on any atom is 0.355 e. The molecule has 0 bridgehead atoms. The fourth-order valence-electron chi connectivity index (χ4n) is 3.49. The van der Waals surface area contributed by atoms with Gasteiger partial charge in [0.1, 0.15) is 5.69 Å². The molecule has 2 heterocycles. The van der Waals surface area contributed by atoms with Crippen molar-refractivity contribution in [1.29, 1.82) is 0 Å². The Morgan fingerprint density at radius 3 is 2.38 bits per heavy atom. The predicted octanol–water partition coefficient (Wildman–Crippen LogP) is 3.41. The van der Waals surface area contributed by atoms with Gasteiger partial charge in [-0.1, -0.05) is 18.2 Å². The molecule has 32 heavy (non-hydrogen) atoms. The van der Waals surface area contributed by atoms with Crippen molar-refractivity contribution in [2.75, 3.05) is 18.5 Å². The van der Waals surface area contributed by atoms with Gasteiger partial charge in [-0.05, 0) is 52.3 Å². The number of hydrogen-bond donors (Lipinski definition) is 2. The summed E-state index contributed by atoms with van der Waals surface area (Å²) in [6, 6.07) is 9.55. The average Bonchev–Trinajstić information content (AvgIpc) is 3.22. The Labute approximate surface area is 185 Å². The maximum atomic E-state index is 12.5. The van der Waals surface area contributed by atoms with Crippen LogP contribution in [0, 0.1) is 27.7 Å². The molecule has 0 fully saturated rings. The largest absolute Gasteiger partial charge is 0.462 e. The zero-order valence-electron chi connectivity index (χ0n) is 18.7. The number of benzene rings is 1. The van der Waals surface area contributed by atoms with E-state index in [9.17, 15) is 14.4 Å². The summed E-state index contributed by atoms with van der Waals surface area (Å²) in [5.41, 5.74) is 4.15. The molecular weight excluding hydrogens is 412 g/mol. The Kier molecular flexibility index (Phi) is 6.77. The summed E-state index contributed by atoms with van der Waals surface area (Å²) in [6.07, 6.45) is 0. The maximum absolute atomic E-state index is 12.5. The fraction of sp³-hybridized carbons (Fsp3) is 0.304. The van der Waals surface area contributed by atoms with Gasteiger partial charge in [0.05, 0.1) is 34.9 Å². The van der Waals surface area contributed by atoms with E-state index >= 15 is 0 Å². The highest BCUT2D eigenvalue weighted by Gasteiger charge is 2.24. The number of esters is 2. The molecule has 168 valence electrons. The molecule has 0 spiro atoms. The van der Waals surface area contributed by atoms with Crippen LogP contribution in [0.3, 0.4) is 0 Å². The van der Waals surface area contributed by atoms with Gasteiger partial charge in [0.15, 0.2) is 6.61 Å². The third-order valence-corrected chi connectivity index (χ3v) is 5.01. The molecule has 1 amide bonds. The van der Waals surface area contributed by atoms with Crippen molar-refractivity contribution in [3.8, 4) is 5.69 Å². The van der Waals surface area contributed by atoms with Crippen LogP contribution in [0.4, 0.5) is 5.69 Å². The summed E-state index contributed by atoms with van der Waals surface area (Å²) < 4.78 is 11.9. The summed E-state index contributed by atoms with van der Waals surface area (Å²) >= 11 is 0. The number of H-pyrrole nitrogens is 1. The van der Waals surface area contributed by atoms with Crippen LogP contribution >= 0.6 is 0 Å². The minimum Gasteiger partial charge on any atom is -0.462 e. The summed E-state index contributed by atoms with van der Waals surface area (Å²) in [6.45, 7) is 8.36. The Balaban J connectivity index is 1.67. The quantitative estimate of drug-likeness (QED) is 0.546. The molecule has 0 aliphatic rings. The molecule has 9 heteroatoms. The van der Waals surface area contributed by atoms with E-state index in [4.69, 9.17) is 9.47 Å². The van der Waals surface area contributed by atoms with Crippen LogP contribution in [0.1, 0.15) is 50.4 Å². The van der Waals surface area contributed by atoms with Gasteiger partial charge in [-0.25, -0.2) is 14.3 Å². The molecule has 1 aromatic carbocycles. The molecule has 3 aromatic rings. The number of anilines is 1. The third-order valence-electron chi connectivity index (χ3n) is 5.01. The van der Waals surface area contributed by atoms with Crippen LogP contribution in [0.25, 0.3) is 5.69 Å². The normalized spacial score (nSPS) is 10.7. The van der Waals surface area contributed by atoms with Crippen molar-refractivity contribution in [3.63, 3.8) is 0 Å². The van der Waals surface area contributed by atoms with Crippen molar-refractivity contribution >= 4 is 23.5 Å². The Morgan fingerprint density at radius 2 is 1.72 bits per heavy atom. The lowest BCUT2D eigenvalue weighted by Gasteiger charge is -2.08. The number of aromatic amines is 1. The first-order valence-electron chi connectivity index (χ1n) is 10.2. The van der Waals surface area contributed by atoms with Gasteiger partial charge in [-0.2, -0.15) is 5.10 Å². The first-order chi connectivity index (χ1) is 15.2. The summed E-state index contributed by atoms with van der Waals surface area (Å²) in [5, 5.41) is 7.24. The number of carbonyl (C=O) groups excluding carboxylic acids is 3. The molecule has 0 radical (unpaired) electrons. The van der Waals surface area contributed by atoms with E-state index in [2.05, 4.69) is 15.4 Å². The van der Waals surface area contributed by atoms with Crippen LogP contribution < -0.4 is 5.32 Å². The van der Waals surface area contributed by atoms with Crippen LogP contribution in [0.5, 0.6) is 0 Å². The Bertz CT molecular complexity index is 1160. The van der Waals surface area contributed by atoms with Gasteiger partial charge in [-0.3, -0.25) is 4.79 Å². The van der Waals surface area contributed by atoms with Crippen molar-refractivity contribution in [3.05, 3.63) is 64.2 Å². The van der Waals surface area contributed by atoms with E-state index in [0.717, 1.165) is 11.4 Å². The lowest BCUT2D eigenvalue weighted by atomic mass is 10.1. The highest BCUT2D eigenvalue weighted by Crippen LogP contribution is 2.23. The molecule has 3 rings (SSSR count). The minimum atomic E-state index is -0.732. The highest BCUT2D eigenvalue weighted by atomic mass is 16.5. The number of amides is 1. The second-order valence-corrected chi connectivity index (χ2v) is 7.26. The first kappa shape index (κ1) is 22.8. The van der Waals surface area contributed by atoms with Crippen LogP contribution in [-0.4, -0.2) is 45.8 Å². The number of para-hydroxylation sites is 1. The molecular formula is C23H26N4O5. The van der Waals surface area contributed by atoms with E-state index in [1.807, 2.05) is 37.3 Å². The lowest BCUT2D eigenvalue weighted by Crippen LogP contribution is -2.22. The standard InChI is InChI=1S/C23H26N4O5/c1-6-31-22(29)19-13(2)20(24-14(19)3)23(30)32-12-18(28)25-21-15(4)26-27(16(21)5)17-10-8-7-9-11-17/h7-11,24H,6,12H2,1-5H3,(H,25,28). The van der Waals surface area contributed by atoms with E-state index in [1.165, 1.54) is 0 Å². The zero-order valence-corrected chi connectivity index (χ0v) is 18.7. The van der Waals surface area contributed by atoms with Crippen LogP contribution in [0.15, 0.2) is 30.3 Å². The minimum absolute atomic E-state index is 0.114. The second-order valence-electron chi connectivity index (χ2n) is 7.26. The Hall–Kier alpha value is -3.88. The first-order valence-corrected chi connectivity index (χ1v) is 10.2. The molecule has 0 aliphatic heterocycles. The van der Waals surface area contributed by atoms with Crippen molar-refractivity contribution < 1.29 is 23.9 Å². The van der Waals surface area contributed by atoms with E-state index < -0.39 is 24.5 Å². The van der Waals surface area contributed by atoms with Gasteiger partial charge >= 0.3 is 11.9 Å². The fourth-order valence-corrected chi connectivity index (χ4v) is 3.49. The van der Waals surface area contributed by atoms with Crippen molar-refractivity contribution in [2.24, 2.45) is 0 Å². The zero-order chi connectivity index (χ0) is 23.4. The van der Waals surface area contributed by atoms with E-state index in [-0.39, 0.29) is 12.3 Å². The number of hydrogen-bond acceptors (Lipinski definition) is 6. The number of aromatic nitrogens is 3. The molecule has 0 saturated carbocycles.